The van der Waals surface area contributed by atoms with Crippen LogP contribution in [0.3, 0.4) is 0 Å². The van der Waals surface area contributed by atoms with Crippen LogP contribution >= 0.6 is 34.7 Å². The van der Waals surface area contributed by atoms with E-state index in [0.717, 1.165) is 31.2 Å². The number of nitrogens with one attached hydrogen (secondary N) is 1. The number of carbonyl (C=O) groups excluding carboxylic acids is 1. The second-order valence-corrected chi connectivity index (χ2v) is 10.0. The molecule has 1 aliphatic carbocycles. The van der Waals surface area contributed by atoms with E-state index in [0.29, 0.717) is 38.9 Å². The molecule has 1 aromatic carbocycles. The molecular weight excluding hydrogens is 478 g/mol. The number of nitrogens with zero attached hydrogens (tertiary/aromatic N) is 4. The zero-order chi connectivity index (χ0) is 23.2. The van der Waals surface area contributed by atoms with Crippen LogP contribution in [0.5, 0.6) is 5.75 Å². The van der Waals surface area contributed by atoms with Crippen molar-refractivity contribution in [2.24, 2.45) is 0 Å². The third kappa shape index (κ3) is 5.52. The number of fused-ring (bicyclic) bond motifs is 1. The van der Waals surface area contributed by atoms with Gasteiger partial charge in [0, 0.05) is 11.4 Å². The number of thioether (sulfide) groups is 1. The molecular formula is C23H24ClN5O2S2. The van der Waals surface area contributed by atoms with Gasteiger partial charge in [-0.2, -0.15) is 5.26 Å². The van der Waals surface area contributed by atoms with Gasteiger partial charge in [-0.3, -0.25) is 4.79 Å². The van der Waals surface area contributed by atoms with Crippen molar-refractivity contribution in [3.63, 3.8) is 0 Å². The number of para-hydroxylation sites is 1. The first kappa shape index (κ1) is 23.6. The van der Waals surface area contributed by atoms with Crippen molar-refractivity contribution in [3.8, 4) is 11.8 Å². The number of halogens is 1. The van der Waals surface area contributed by atoms with Crippen LogP contribution in [-0.4, -0.2) is 26.4 Å². The van der Waals surface area contributed by atoms with Gasteiger partial charge in [0.05, 0.1) is 16.3 Å². The van der Waals surface area contributed by atoms with Gasteiger partial charge in [0.1, 0.15) is 23.4 Å². The fraction of sp³-hybridized carbons (Fsp3) is 0.391. The van der Waals surface area contributed by atoms with Gasteiger partial charge in [-0.25, -0.2) is 0 Å². The van der Waals surface area contributed by atoms with Crippen molar-refractivity contribution in [1.82, 2.24) is 14.8 Å². The Balaban J connectivity index is 1.38. The summed E-state index contributed by atoms with van der Waals surface area (Å²) in [6, 6.07) is 9.57. The second kappa shape index (κ2) is 11.1. The van der Waals surface area contributed by atoms with Crippen molar-refractivity contribution in [3.05, 3.63) is 51.1 Å². The number of carbonyl (C=O) groups is 1. The number of aromatic nitrogens is 3. The Bertz CT molecular complexity index is 1180. The lowest BCUT2D eigenvalue weighted by Gasteiger charge is -2.09. The molecule has 0 saturated heterocycles. The van der Waals surface area contributed by atoms with Crippen LogP contribution in [0.15, 0.2) is 29.4 Å². The molecule has 2 aromatic heterocycles. The molecule has 10 heteroatoms. The number of thiophene rings is 1. The van der Waals surface area contributed by atoms with Crippen LogP contribution in [0.2, 0.25) is 5.02 Å². The normalized spacial score (nSPS) is 13.1. The average molecular weight is 502 g/mol. The quantitative estimate of drug-likeness (QED) is 0.325. The molecule has 1 aliphatic rings. The standard InChI is InChI=1S/C23H24ClN5O2S2/c1-2-29-20(13-31-18-10-7-6-9-17(18)24)27-28-23(29)32-14-21(30)26-22-16(12-25)15-8-4-3-5-11-19(15)33-22/h6-7,9-10H,2-5,8,11,13-14H2,1H3,(H,26,30). The Morgan fingerprint density at radius 1 is 1.30 bits per heavy atom. The van der Waals surface area contributed by atoms with Crippen LogP contribution in [0.25, 0.3) is 0 Å². The first-order valence-corrected chi connectivity index (χ1v) is 13.0. The molecule has 1 amide bonds. The van der Waals surface area contributed by atoms with Gasteiger partial charge in [-0.15, -0.1) is 21.5 Å². The lowest BCUT2D eigenvalue weighted by molar-refractivity contribution is -0.113. The minimum atomic E-state index is -0.160. The first-order chi connectivity index (χ1) is 16.1. The summed E-state index contributed by atoms with van der Waals surface area (Å²) in [5, 5.41) is 22.9. The van der Waals surface area contributed by atoms with Crippen molar-refractivity contribution in [1.29, 1.82) is 5.26 Å². The molecule has 0 unspecified atom stereocenters. The van der Waals surface area contributed by atoms with E-state index in [9.17, 15) is 10.1 Å². The Kier molecular flexibility index (Phi) is 7.91. The van der Waals surface area contributed by atoms with E-state index in [4.69, 9.17) is 16.3 Å². The lowest BCUT2D eigenvalue weighted by atomic mass is 10.1. The Morgan fingerprint density at radius 2 is 2.12 bits per heavy atom. The van der Waals surface area contributed by atoms with E-state index in [1.165, 1.54) is 23.1 Å². The fourth-order valence-corrected chi connectivity index (χ4v) is 6.06. The predicted molar refractivity (Wildman–Crippen MR) is 131 cm³/mol. The molecule has 0 radical (unpaired) electrons. The lowest BCUT2D eigenvalue weighted by Crippen LogP contribution is -2.15. The zero-order valence-corrected chi connectivity index (χ0v) is 20.7. The number of benzene rings is 1. The highest BCUT2D eigenvalue weighted by Gasteiger charge is 2.21. The number of aryl methyl sites for hydroxylation is 1. The summed E-state index contributed by atoms with van der Waals surface area (Å²) in [6.07, 6.45) is 5.32. The summed E-state index contributed by atoms with van der Waals surface area (Å²) in [7, 11) is 0. The van der Waals surface area contributed by atoms with E-state index >= 15 is 0 Å². The van der Waals surface area contributed by atoms with Crippen LogP contribution in [0, 0.1) is 11.3 Å². The first-order valence-electron chi connectivity index (χ1n) is 10.9. The summed E-state index contributed by atoms with van der Waals surface area (Å²) in [6.45, 7) is 2.86. The highest BCUT2D eigenvalue weighted by Crippen LogP contribution is 2.37. The van der Waals surface area contributed by atoms with Crippen molar-refractivity contribution < 1.29 is 9.53 Å². The van der Waals surface area contributed by atoms with E-state index in [2.05, 4.69) is 21.6 Å². The maximum absolute atomic E-state index is 12.7. The van der Waals surface area contributed by atoms with Crippen molar-refractivity contribution >= 4 is 45.6 Å². The molecule has 172 valence electrons. The van der Waals surface area contributed by atoms with Gasteiger partial charge in [0.25, 0.3) is 0 Å². The molecule has 0 atom stereocenters. The summed E-state index contributed by atoms with van der Waals surface area (Å²) in [5.74, 6) is 1.26. The SMILES string of the molecule is CCn1c(COc2ccccc2Cl)nnc1SCC(=O)Nc1sc2c(c1C#N)CCCCC2. The average Bonchev–Trinajstić information content (AvgIpc) is 3.28. The number of anilines is 1. The Hall–Kier alpha value is -2.54. The molecule has 0 spiro atoms. The summed E-state index contributed by atoms with van der Waals surface area (Å²) in [4.78, 5) is 13.9. The molecule has 0 saturated carbocycles. The van der Waals surface area contributed by atoms with E-state index < -0.39 is 0 Å². The minimum Gasteiger partial charge on any atom is -0.484 e. The number of rotatable bonds is 8. The van der Waals surface area contributed by atoms with Gasteiger partial charge in [0.15, 0.2) is 11.0 Å². The van der Waals surface area contributed by atoms with Gasteiger partial charge in [0.2, 0.25) is 5.91 Å². The third-order valence-corrected chi connectivity index (χ3v) is 7.91. The summed E-state index contributed by atoms with van der Waals surface area (Å²) in [5.41, 5.74) is 1.75. The zero-order valence-electron chi connectivity index (χ0n) is 18.3. The molecule has 1 N–H and O–H groups in total. The molecule has 3 aromatic rings. The monoisotopic (exact) mass is 501 g/mol. The van der Waals surface area contributed by atoms with Crippen molar-refractivity contribution in [2.75, 3.05) is 11.1 Å². The largest absolute Gasteiger partial charge is 0.484 e. The Labute approximate surface area is 206 Å². The van der Waals surface area contributed by atoms with E-state index in [1.54, 1.807) is 23.5 Å². The molecule has 33 heavy (non-hydrogen) atoms. The molecule has 0 aliphatic heterocycles. The van der Waals surface area contributed by atoms with Crippen LogP contribution in [0.1, 0.15) is 48.0 Å². The predicted octanol–water partition coefficient (Wildman–Crippen LogP) is 5.46. The fourth-order valence-electron chi connectivity index (χ4n) is 3.80. The highest BCUT2D eigenvalue weighted by molar-refractivity contribution is 7.99. The second-order valence-electron chi connectivity index (χ2n) is 7.58. The molecule has 7 nitrogen and oxygen atoms in total. The molecule has 0 fully saturated rings. The smallest absolute Gasteiger partial charge is 0.235 e. The van der Waals surface area contributed by atoms with Crippen LogP contribution in [0.4, 0.5) is 5.00 Å². The summed E-state index contributed by atoms with van der Waals surface area (Å²) < 4.78 is 7.70. The Morgan fingerprint density at radius 3 is 2.91 bits per heavy atom. The number of nitriles is 1. The van der Waals surface area contributed by atoms with Crippen LogP contribution < -0.4 is 10.1 Å². The maximum Gasteiger partial charge on any atom is 0.235 e. The third-order valence-electron chi connectivity index (χ3n) is 5.42. The topological polar surface area (TPSA) is 92.8 Å². The minimum absolute atomic E-state index is 0.160. The van der Waals surface area contributed by atoms with E-state index in [-0.39, 0.29) is 18.3 Å². The summed E-state index contributed by atoms with van der Waals surface area (Å²) >= 11 is 9.00. The van der Waals surface area contributed by atoms with Gasteiger partial charge in [-0.05, 0) is 50.3 Å². The van der Waals surface area contributed by atoms with Crippen molar-refractivity contribution in [2.45, 2.75) is 57.3 Å². The van der Waals surface area contributed by atoms with Gasteiger partial charge < -0.3 is 14.6 Å². The van der Waals surface area contributed by atoms with Gasteiger partial charge >= 0.3 is 0 Å². The molecule has 4 rings (SSSR count). The van der Waals surface area contributed by atoms with E-state index in [1.807, 2.05) is 23.6 Å². The van der Waals surface area contributed by atoms with Gasteiger partial charge in [-0.1, -0.05) is 41.9 Å². The maximum atomic E-state index is 12.7. The number of hydrogen-bond donors (Lipinski definition) is 1. The number of ether oxygens (including phenoxy) is 1. The number of amides is 1. The highest BCUT2D eigenvalue weighted by atomic mass is 35.5. The molecule has 2 heterocycles. The molecule has 0 bridgehead atoms. The van der Waals surface area contributed by atoms with Crippen LogP contribution in [-0.2, 0) is 30.8 Å². The number of hydrogen-bond acceptors (Lipinski definition) is 7.